The van der Waals surface area contributed by atoms with Crippen molar-refractivity contribution in [1.29, 1.82) is 0 Å². The molecule has 0 spiro atoms. The topological polar surface area (TPSA) is 94.0 Å². The SMILES string of the molecule is O=C(/C=C/c1cccc(C(=O)N/N=C/c2ccc(N3CCCC3)cc2)c1)NO. The Morgan fingerprint density at radius 2 is 1.79 bits per heavy atom. The number of nitrogens with zero attached hydrogens (tertiary/aromatic N) is 2. The number of carbonyl (C=O) groups excluding carboxylic acids is 2. The highest BCUT2D eigenvalue weighted by Gasteiger charge is 2.11. The number of hydroxylamine groups is 1. The van der Waals surface area contributed by atoms with Gasteiger partial charge in [-0.2, -0.15) is 5.10 Å². The molecular formula is C21H22N4O3. The molecule has 1 aliphatic rings. The summed E-state index contributed by atoms with van der Waals surface area (Å²) in [7, 11) is 0. The first kappa shape index (κ1) is 19.3. The van der Waals surface area contributed by atoms with Crippen molar-refractivity contribution in [2.45, 2.75) is 12.8 Å². The van der Waals surface area contributed by atoms with Crippen molar-refractivity contribution in [3.8, 4) is 0 Å². The van der Waals surface area contributed by atoms with Gasteiger partial charge in [0.05, 0.1) is 6.21 Å². The summed E-state index contributed by atoms with van der Waals surface area (Å²) in [5.41, 5.74) is 7.17. The van der Waals surface area contributed by atoms with Gasteiger partial charge in [-0.25, -0.2) is 10.9 Å². The van der Waals surface area contributed by atoms with Crippen LogP contribution < -0.4 is 15.8 Å². The molecule has 0 unspecified atom stereocenters. The van der Waals surface area contributed by atoms with Gasteiger partial charge >= 0.3 is 0 Å². The number of carbonyl (C=O) groups is 2. The highest BCUT2D eigenvalue weighted by atomic mass is 16.5. The van der Waals surface area contributed by atoms with Crippen LogP contribution in [-0.4, -0.2) is 36.3 Å². The number of hydrogen-bond acceptors (Lipinski definition) is 5. The molecule has 0 radical (unpaired) electrons. The van der Waals surface area contributed by atoms with Gasteiger partial charge in [-0.3, -0.25) is 14.8 Å². The summed E-state index contributed by atoms with van der Waals surface area (Å²) in [4.78, 5) is 25.6. The van der Waals surface area contributed by atoms with Crippen molar-refractivity contribution in [3.63, 3.8) is 0 Å². The second-order valence-corrected chi connectivity index (χ2v) is 6.42. The van der Waals surface area contributed by atoms with Crippen LogP contribution >= 0.6 is 0 Å². The molecular weight excluding hydrogens is 356 g/mol. The molecule has 3 rings (SSSR count). The Kier molecular flexibility index (Phi) is 6.54. The molecule has 1 aliphatic heterocycles. The fourth-order valence-corrected chi connectivity index (χ4v) is 2.97. The average molecular weight is 378 g/mol. The molecule has 2 aromatic carbocycles. The van der Waals surface area contributed by atoms with E-state index in [0.29, 0.717) is 11.1 Å². The highest BCUT2D eigenvalue weighted by Crippen LogP contribution is 2.19. The zero-order valence-electron chi connectivity index (χ0n) is 15.3. The first-order chi connectivity index (χ1) is 13.7. The molecule has 1 saturated heterocycles. The van der Waals surface area contributed by atoms with E-state index in [2.05, 4.69) is 27.6 Å². The van der Waals surface area contributed by atoms with E-state index in [-0.39, 0.29) is 5.91 Å². The van der Waals surface area contributed by atoms with Crippen molar-refractivity contribution >= 4 is 29.8 Å². The summed E-state index contributed by atoms with van der Waals surface area (Å²) in [6, 6.07) is 14.8. The molecule has 0 saturated carbocycles. The first-order valence-corrected chi connectivity index (χ1v) is 9.06. The van der Waals surface area contributed by atoms with Crippen LogP contribution in [0.1, 0.15) is 34.3 Å². The molecule has 7 heteroatoms. The Bertz CT molecular complexity index is 885. The minimum Gasteiger partial charge on any atom is -0.372 e. The summed E-state index contributed by atoms with van der Waals surface area (Å²) >= 11 is 0. The lowest BCUT2D eigenvalue weighted by Gasteiger charge is -2.17. The highest BCUT2D eigenvalue weighted by molar-refractivity contribution is 5.96. The molecule has 2 aromatic rings. The fourth-order valence-electron chi connectivity index (χ4n) is 2.97. The maximum atomic E-state index is 12.2. The molecule has 7 nitrogen and oxygen atoms in total. The third-order valence-corrected chi connectivity index (χ3v) is 4.43. The van der Waals surface area contributed by atoms with E-state index in [1.165, 1.54) is 36.2 Å². The van der Waals surface area contributed by atoms with Gasteiger partial charge in [0.1, 0.15) is 0 Å². The average Bonchev–Trinajstić information content (AvgIpc) is 3.27. The predicted octanol–water partition coefficient (Wildman–Crippen LogP) is 2.57. The van der Waals surface area contributed by atoms with Crippen molar-refractivity contribution in [2.75, 3.05) is 18.0 Å². The van der Waals surface area contributed by atoms with Crippen LogP contribution in [0.3, 0.4) is 0 Å². The summed E-state index contributed by atoms with van der Waals surface area (Å²) in [6.45, 7) is 2.20. The molecule has 0 bridgehead atoms. The van der Waals surface area contributed by atoms with Gasteiger partial charge in [-0.1, -0.05) is 24.3 Å². The van der Waals surface area contributed by atoms with Crippen LogP contribution in [0, 0.1) is 0 Å². The minimum absolute atomic E-state index is 0.355. The summed E-state index contributed by atoms with van der Waals surface area (Å²) < 4.78 is 0. The standard InChI is InChI=1S/C21H22N4O3/c26-20(24-28)11-8-16-4-3-5-18(14-16)21(27)23-22-15-17-6-9-19(10-7-17)25-12-1-2-13-25/h3-11,14-15,28H,1-2,12-13H2,(H,23,27)(H,24,26)/b11-8+,22-15+. The normalized spacial score (nSPS) is 14.0. The number of amides is 2. The van der Waals surface area contributed by atoms with Gasteiger partial charge in [-0.05, 0) is 54.3 Å². The van der Waals surface area contributed by atoms with E-state index in [0.717, 1.165) is 18.7 Å². The lowest BCUT2D eigenvalue weighted by atomic mass is 10.1. The van der Waals surface area contributed by atoms with Gasteiger partial charge in [0.15, 0.2) is 0 Å². The van der Waals surface area contributed by atoms with Crippen LogP contribution in [0.25, 0.3) is 6.08 Å². The molecule has 2 amide bonds. The second kappa shape index (κ2) is 9.48. The predicted molar refractivity (Wildman–Crippen MR) is 108 cm³/mol. The van der Waals surface area contributed by atoms with Crippen molar-refractivity contribution < 1.29 is 14.8 Å². The summed E-state index contributed by atoms with van der Waals surface area (Å²) in [5.74, 6) is -0.998. The molecule has 0 aromatic heterocycles. The van der Waals surface area contributed by atoms with Crippen molar-refractivity contribution in [2.24, 2.45) is 5.10 Å². The largest absolute Gasteiger partial charge is 0.372 e. The molecule has 144 valence electrons. The molecule has 1 fully saturated rings. The van der Waals surface area contributed by atoms with Gasteiger partial charge in [0, 0.05) is 30.4 Å². The zero-order chi connectivity index (χ0) is 19.8. The maximum Gasteiger partial charge on any atom is 0.271 e. The van der Waals surface area contributed by atoms with E-state index in [4.69, 9.17) is 5.21 Å². The summed E-state index contributed by atoms with van der Waals surface area (Å²) in [5, 5.41) is 12.5. The van der Waals surface area contributed by atoms with Crippen LogP contribution in [0.2, 0.25) is 0 Å². The van der Waals surface area contributed by atoms with Crippen molar-refractivity contribution in [3.05, 3.63) is 71.3 Å². The van der Waals surface area contributed by atoms with Crippen LogP contribution in [0.15, 0.2) is 59.7 Å². The third kappa shape index (κ3) is 5.28. The smallest absolute Gasteiger partial charge is 0.271 e. The van der Waals surface area contributed by atoms with E-state index in [9.17, 15) is 9.59 Å². The zero-order valence-corrected chi connectivity index (χ0v) is 15.3. The fraction of sp³-hybridized carbons (Fsp3) is 0.190. The quantitative estimate of drug-likeness (QED) is 0.312. The second-order valence-electron chi connectivity index (χ2n) is 6.42. The van der Waals surface area contributed by atoms with Gasteiger partial charge < -0.3 is 4.90 Å². The molecule has 0 atom stereocenters. The van der Waals surface area contributed by atoms with E-state index >= 15 is 0 Å². The lowest BCUT2D eigenvalue weighted by molar-refractivity contribution is -0.124. The van der Waals surface area contributed by atoms with Crippen LogP contribution in [0.4, 0.5) is 5.69 Å². The Morgan fingerprint density at radius 3 is 2.50 bits per heavy atom. The van der Waals surface area contributed by atoms with Gasteiger partial charge in [0.2, 0.25) is 0 Å². The molecule has 28 heavy (non-hydrogen) atoms. The summed E-state index contributed by atoms with van der Waals surface area (Å²) in [6.07, 6.45) is 6.73. The number of anilines is 1. The Labute approximate surface area is 163 Å². The number of rotatable bonds is 6. The number of benzene rings is 2. The van der Waals surface area contributed by atoms with Crippen LogP contribution in [-0.2, 0) is 4.79 Å². The first-order valence-electron chi connectivity index (χ1n) is 9.06. The van der Waals surface area contributed by atoms with E-state index in [1.54, 1.807) is 30.5 Å². The van der Waals surface area contributed by atoms with Crippen LogP contribution in [0.5, 0.6) is 0 Å². The maximum absolute atomic E-state index is 12.2. The Hall–Kier alpha value is -3.45. The number of hydrazone groups is 1. The molecule has 1 heterocycles. The monoisotopic (exact) mass is 378 g/mol. The van der Waals surface area contributed by atoms with Crippen molar-refractivity contribution in [1.82, 2.24) is 10.9 Å². The molecule has 3 N–H and O–H groups in total. The Morgan fingerprint density at radius 1 is 1.04 bits per heavy atom. The number of nitrogens with one attached hydrogen (secondary N) is 2. The van der Waals surface area contributed by atoms with E-state index < -0.39 is 5.91 Å². The van der Waals surface area contributed by atoms with Gasteiger partial charge in [0.25, 0.3) is 11.8 Å². The third-order valence-electron chi connectivity index (χ3n) is 4.43. The van der Waals surface area contributed by atoms with Gasteiger partial charge in [-0.15, -0.1) is 0 Å². The minimum atomic E-state index is -0.643. The molecule has 0 aliphatic carbocycles. The Balaban J connectivity index is 1.57. The lowest BCUT2D eigenvalue weighted by Crippen LogP contribution is -2.18. The van der Waals surface area contributed by atoms with E-state index in [1.807, 2.05) is 12.1 Å². The number of hydrogen-bond donors (Lipinski definition) is 3.